The van der Waals surface area contributed by atoms with Crippen LogP contribution >= 0.6 is 0 Å². The maximum absolute atomic E-state index is 12.6. The molecule has 4 rings (SSSR count). The molecule has 1 aromatic rings. The van der Waals surface area contributed by atoms with Crippen molar-refractivity contribution in [3.8, 4) is 0 Å². The summed E-state index contributed by atoms with van der Waals surface area (Å²) in [5, 5.41) is 10.4. The summed E-state index contributed by atoms with van der Waals surface area (Å²) < 4.78 is 0. The van der Waals surface area contributed by atoms with Crippen LogP contribution < -0.4 is 0 Å². The number of allylic oxidation sites excluding steroid dienone is 4. The van der Waals surface area contributed by atoms with E-state index in [1.165, 1.54) is 0 Å². The Balaban J connectivity index is 1.80. The third-order valence-corrected chi connectivity index (χ3v) is 4.52. The highest BCUT2D eigenvalue weighted by Crippen LogP contribution is 2.38. The first-order valence-electron chi connectivity index (χ1n) is 7.31. The lowest BCUT2D eigenvalue weighted by Gasteiger charge is -2.33. The van der Waals surface area contributed by atoms with Crippen LogP contribution in [0.3, 0.4) is 0 Å². The molecule has 0 saturated carbocycles. The number of dihydropyridines is 1. The number of benzene rings is 1. The third-order valence-electron chi connectivity index (χ3n) is 4.52. The molecule has 22 heavy (non-hydrogen) atoms. The van der Waals surface area contributed by atoms with Gasteiger partial charge in [0.25, 0.3) is 0 Å². The number of nitrogens with zero attached hydrogens (tertiary/aromatic N) is 1. The van der Waals surface area contributed by atoms with Gasteiger partial charge in [0.05, 0.1) is 17.3 Å². The number of fused-ring (bicyclic) bond motifs is 2. The molecular weight excluding hydrogens is 274 g/mol. The zero-order valence-electron chi connectivity index (χ0n) is 12.2. The van der Waals surface area contributed by atoms with Crippen molar-refractivity contribution in [3.63, 3.8) is 0 Å². The van der Waals surface area contributed by atoms with Crippen LogP contribution in [0.4, 0.5) is 0 Å². The van der Waals surface area contributed by atoms with E-state index in [0.717, 1.165) is 0 Å². The summed E-state index contributed by atoms with van der Waals surface area (Å²) in [5.41, 5.74) is 1.83. The van der Waals surface area contributed by atoms with Crippen LogP contribution in [0, 0.1) is 5.41 Å². The summed E-state index contributed by atoms with van der Waals surface area (Å²) in [5.74, 6) is -0.127. The van der Waals surface area contributed by atoms with Gasteiger partial charge in [0.15, 0.2) is 5.78 Å². The number of hydrogen-bond acceptors (Lipinski definition) is 3. The van der Waals surface area contributed by atoms with Crippen LogP contribution in [-0.2, 0) is 0 Å². The summed E-state index contributed by atoms with van der Waals surface area (Å²) in [6.45, 7) is 2.11. The smallest absolute Gasteiger partial charge is 0.199 e. The number of rotatable bonds is 1. The van der Waals surface area contributed by atoms with Gasteiger partial charge in [-0.2, -0.15) is 0 Å². The molecule has 0 spiro atoms. The lowest BCUT2D eigenvalue weighted by atomic mass is 9.77. The van der Waals surface area contributed by atoms with Gasteiger partial charge >= 0.3 is 0 Å². The van der Waals surface area contributed by atoms with Crippen molar-refractivity contribution >= 4 is 17.3 Å². The van der Waals surface area contributed by atoms with Crippen molar-refractivity contribution in [2.45, 2.75) is 13.0 Å². The normalized spacial score (nSPS) is 28.7. The van der Waals surface area contributed by atoms with E-state index >= 15 is 0 Å². The highest BCUT2D eigenvalue weighted by Gasteiger charge is 2.36. The first-order chi connectivity index (χ1) is 10.6. The topological polar surface area (TPSA) is 49.7 Å². The Morgan fingerprint density at radius 1 is 1.14 bits per heavy atom. The highest BCUT2D eigenvalue weighted by atomic mass is 16.3. The van der Waals surface area contributed by atoms with E-state index in [1.54, 1.807) is 18.2 Å². The fraction of sp³-hybridized carbons (Fsp3) is 0.158. The Labute approximate surface area is 128 Å². The number of aliphatic hydroxyl groups excluding tert-OH is 1. The molecule has 0 unspecified atom stereocenters. The lowest BCUT2D eigenvalue weighted by Crippen LogP contribution is -2.31. The molecule has 3 heteroatoms. The number of ketones is 1. The summed E-state index contributed by atoms with van der Waals surface area (Å²) >= 11 is 0. The quantitative estimate of drug-likeness (QED) is 0.857. The van der Waals surface area contributed by atoms with Gasteiger partial charge in [0.1, 0.15) is 5.76 Å². The van der Waals surface area contributed by atoms with E-state index in [9.17, 15) is 9.90 Å². The highest BCUT2D eigenvalue weighted by molar-refractivity contribution is 6.38. The van der Waals surface area contributed by atoms with E-state index in [1.807, 2.05) is 30.4 Å². The van der Waals surface area contributed by atoms with Crippen molar-refractivity contribution < 1.29 is 9.90 Å². The molecule has 1 N–H and O–H groups in total. The number of carbonyl (C=O) groups is 1. The minimum atomic E-state index is -0.164. The van der Waals surface area contributed by atoms with Gasteiger partial charge < -0.3 is 5.11 Å². The second-order valence-electron chi connectivity index (χ2n) is 6.00. The Kier molecular flexibility index (Phi) is 2.61. The Hall–Kier alpha value is -2.68. The first kappa shape index (κ1) is 13.0. The predicted molar refractivity (Wildman–Crippen MR) is 87.1 cm³/mol. The van der Waals surface area contributed by atoms with E-state index in [4.69, 9.17) is 4.99 Å². The number of aliphatic imine (C=N–C) groups is 1. The molecule has 1 heterocycles. The van der Waals surface area contributed by atoms with Gasteiger partial charge in [-0.15, -0.1) is 0 Å². The van der Waals surface area contributed by atoms with Crippen LogP contribution in [0.25, 0.3) is 5.76 Å². The van der Waals surface area contributed by atoms with Crippen LogP contribution in [0.15, 0.2) is 71.3 Å². The number of aliphatic hydroxyl groups is 1. The second kappa shape index (κ2) is 4.41. The van der Waals surface area contributed by atoms with Gasteiger partial charge in [-0.25, -0.2) is 0 Å². The van der Waals surface area contributed by atoms with Crippen molar-refractivity contribution in [1.29, 1.82) is 0 Å². The third kappa shape index (κ3) is 1.69. The second-order valence-corrected chi connectivity index (χ2v) is 6.00. The molecule has 3 nitrogen and oxygen atoms in total. The SMILES string of the molecule is C[C@@]12C=CC=C[C@H]1N=C(C1=C(O)c3ccccc3C1=O)C=C2. The Morgan fingerprint density at radius 3 is 2.68 bits per heavy atom. The molecule has 1 aromatic carbocycles. The van der Waals surface area contributed by atoms with Crippen molar-refractivity contribution in [1.82, 2.24) is 0 Å². The number of carbonyl (C=O) groups excluding carboxylic acids is 1. The van der Waals surface area contributed by atoms with Gasteiger partial charge in [-0.1, -0.05) is 61.6 Å². The van der Waals surface area contributed by atoms with Crippen molar-refractivity contribution in [3.05, 3.63) is 77.4 Å². The molecule has 108 valence electrons. The molecule has 2 atom stereocenters. The summed E-state index contributed by atoms with van der Waals surface area (Å²) in [6, 6.07) is 7.07. The maximum Gasteiger partial charge on any atom is 0.199 e. The van der Waals surface area contributed by atoms with E-state index in [-0.39, 0.29) is 23.0 Å². The minimum Gasteiger partial charge on any atom is -0.506 e. The molecule has 0 radical (unpaired) electrons. The molecule has 0 fully saturated rings. The van der Waals surface area contributed by atoms with Crippen LogP contribution in [0.2, 0.25) is 0 Å². The molecule has 0 amide bonds. The maximum atomic E-state index is 12.6. The minimum absolute atomic E-state index is 0.0305. The van der Waals surface area contributed by atoms with Gasteiger partial charge in [0, 0.05) is 16.5 Å². The monoisotopic (exact) mass is 289 g/mol. The van der Waals surface area contributed by atoms with Crippen molar-refractivity contribution in [2.24, 2.45) is 10.4 Å². The average molecular weight is 289 g/mol. The standard InChI is InChI=1S/C19H15NO2/c1-19-10-5-4-8-15(19)20-14(9-11-19)16-17(21)12-6-2-3-7-13(12)18(16)22/h2-11,15,21H,1H3/t15-,19+/m1/s1. The average Bonchev–Trinajstić information content (AvgIpc) is 2.79. The summed E-state index contributed by atoms with van der Waals surface area (Å²) in [4.78, 5) is 17.3. The molecule has 1 aliphatic heterocycles. The lowest BCUT2D eigenvalue weighted by molar-refractivity contribution is 0.104. The van der Waals surface area contributed by atoms with Crippen LogP contribution in [-0.4, -0.2) is 22.6 Å². The molecule has 3 aliphatic rings. The molecule has 0 aromatic heterocycles. The van der Waals surface area contributed by atoms with E-state index < -0.39 is 0 Å². The molecule has 0 saturated heterocycles. The van der Waals surface area contributed by atoms with E-state index in [0.29, 0.717) is 22.4 Å². The number of Topliss-reactive ketones (excluding diaryl/α,β-unsaturated/α-hetero) is 1. The van der Waals surface area contributed by atoms with Crippen LogP contribution in [0.1, 0.15) is 22.8 Å². The zero-order chi connectivity index (χ0) is 15.3. The van der Waals surface area contributed by atoms with Crippen molar-refractivity contribution in [2.75, 3.05) is 0 Å². The molecule has 0 bridgehead atoms. The van der Waals surface area contributed by atoms with Gasteiger partial charge in [-0.3, -0.25) is 9.79 Å². The molecular formula is C19H15NO2. The summed E-state index contributed by atoms with van der Waals surface area (Å²) in [7, 11) is 0. The van der Waals surface area contributed by atoms with Gasteiger partial charge in [0.2, 0.25) is 0 Å². The van der Waals surface area contributed by atoms with Gasteiger partial charge in [-0.05, 0) is 6.08 Å². The largest absolute Gasteiger partial charge is 0.506 e. The Bertz CT molecular complexity index is 839. The Morgan fingerprint density at radius 2 is 1.91 bits per heavy atom. The number of hydrogen-bond donors (Lipinski definition) is 1. The fourth-order valence-corrected chi connectivity index (χ4v) is 3.18. The fourth-order valence-electron chi connectivity index (χ4n) is 3.18. The zero-order valence-corrected chi connectivity index (χ0v) is 12.2. The first-order valence-corrected chi connectivity index (χ1v) is 7.31. The van der Waals surface area contributed by atoms with E-state index in [2.05, 4.69) is 19.1 Å². The van der Waals surface area contributed by atoms with Crippen LogP contribution in [0.5, 0.6) is 0 Å². The molecule has 2 aliphatic carbocycles. The summed E-state index contributed by atoms with van der Waals surface area (Å²) in [6.07, 6.45) is 12.0. The predicted octanol–water partition coefficient (Wildman–Crippen LogP) is 3.66.